The summed E-state index contributed by atoms with van der Waals surface area (Å²) in [5.41, 5.74) is 5.80. The lowest BCUT2D eigenvalue weighted by atomic mass is 10.2. The molecule has 0 fully saturated rings. The van der Waals surface area contributed by atoms with Crippen molar-refractivity contribution in [2.75, 3.05) is 19.0 Å². The molecule has 0 saturated carbocycles. The Morgan fingerprint density at radius 3 is 2.46 bits per heavy atom. The molecule has 2 aromatic carbocycles. The van der Waals surface area contributed by atoms with Gasteiger partial charge in [-0.25, -0.2) is 0 Å². The highest BCUT2D eigenvalue weighted by Crippen LogP contribution is 2.31. The molecule has 2 rings (SSSR count). The van der Waals surface area contributed by atoms with Gasteiger partial charge in [-0.15, -0.1) is 0 Å². The Bertz CT molecular complexity index is 785. The zero-order valence-electron chi connectivity index (χ0n) is 13.7. The van der Waals surface area contributed by atoms with Gasteiger partial charge in [0.15, 0.2) is 18.1 Å². The topological polar surface area (TPSA) is 90.7 Å². The molecular formula is C17H16F2N2O4S. The molecule has 0 heterocycles. The maximum absolute atomic E-state index is 12.3. The summed E-state index contributed by atoms with van der Waals surface area (Å²) in [5.74, 6) is -3.39. The zero-order valence-corrected chi connectivity index (χ0v) is 14.5. The second-order valence-corrected chi connectivity index (χ2v) is 6.00. The minimum Gasteiger partial charge on any atom is -0.493 e. The SMILES string of the molecule is COc1cccc(C(N)=O)c1OCC(=O)Nc1ccc(SC(F)F)cc1. The fourth-order valence-electron chi connectivity index (χ4n) is 2.07. The summed E-state index contributed by atoms with van der Waals surface area (Å²) < 4.78 is 35.0. The van der Waals surface area contributed by atoms with Crippen LogP contribution in [0.25, 0.3) is 0 Å². The zero-order chi connectivity index (χ0) is 19.1. The summed E-state index contributed by atoms with van der Waals surface area (Å²) >= 11 is 0.414. The van der Waals surface area contributed by atoms with E-state index in [1.807, 2.05) is 0 Å². The lowest BCUT2D eigenvalue weighted by Gasteiger charge is -2.13. The third kappa shape index (κ3) is 5.35. The van der Waals surface area contributed by atoms with E-state index in [1.165, 1.54) is 37.4 Å². The van der Waals surface area contributed by atoms with Gasteiger partial charge in [0, 0.05) is 10.6 Å². The van der Waals surface area contributed by atoms with Gasteiger partial charge in [0.1, 0.15) is 0 Å². The molecule has 3 N–H and O–H groups in total. The Hall–Kier alpha value is -2.81. The lowest BCUT2D eigenvalue weighted by Crippen LogP contribution is -2.22. The van der Waals surface area contributed by atoms with Gasteiger partial charge in [-0.2, -0.15) is 8.78 Å². The maximum atomic E-state index is 12.3. The smallest absolute Gasteiger partial charge is 0.288 e. The fourth-order valence-corrected chi connectivity index (χ4v) is 2.57. The van der Waals surface area contributed by atoms with Gasteiger partial charge in [0.25, 0.3) is 17.6 Å². The highest BCUT2D eigenvalue weighted by atomic mass is 32.2. The number of hydrogen-bond donors (Lipinski definition) is 2. The molecule has 0 unspecified atom stereocenters. The van der Waals surface area contributed by atoms with Crippen molar-refractivity contribution in [2.24, 2.45) is 5.73 Å². The van der Waals surface area contributed by atoms with E-state index >= 15 is 0 Å². The number of nitrogens with one attached hydrogen (secondary N) is 1. The summed E-state index contributed by atoms with van der Waals surface area (Å²) in [5, 5.41) is 2.56. The van der Waals surface area contributed by atoms with E-state index < -0.39 is 24.2 Å². The third-order valence-electron chi connectivity index (χ3n) is 3.18. The van der Waals surface area contributed by atoms with Crippen molar-refractivity contribution in [2.45, 2.75) is 10.7 Å². The number of hydrogen-bond acceptors (Lipinski definition) is 5. The first-order valence-corrected chi connectivity index (χ1v) is 8.23. The number of anilines is 1. The van der Waals surface area contributed by atoms with E-state index in [1.54, 1.807) is 12.1 Å². The average molecular weight is 382 g/mol. The number of nitrogens with two attached hydrogens (primary N) is 1. The number of thioether (sulfide) groups is 1. The molecule has 9 heteroatoms. The van der Waals surface area contributed by atoms with Gasteiger partial charge in [-0.05, 0) is 36.4 Å². The molecule has 0 spiro atoms. The predicted molar refractivity (Wildman–Crippen MR) is 93.9 cm³/mol. The number of amides is 2. The number of halogens is 2. The third-order valence-corrected chi connectivity index (χ3v) is 3.90. The van der Waals surface area contributed by atoms with Gasteiger partial charge in [-0.1, -0.05) is 17.8 Å². The lowest BCUT2D eigenvalue weighted by molar-refractivity contribution is -0.118. The fraction of sp³-hybridized carbons (Fsp3) is 0.176. The molecule has 26 heavy (non-hydrogen) atoms. The van der Waals surface area contributed by atoms with Crippen molar-refractivity contribution in [3.8, 4) is 11.5 Å². The second-order valence-electron chi connectivity index (χ2n) is 4.94. The number of methoxy groups -OCH3 is 1. The number of rotatable bonds is 8. The number of carbonyl (C=O) groups excluding carboxylic acids is 2. The van der Waals surface area contributed by atoms with Crippen molar-refractivity contribution in [3.63, 3.8) is 0 Å². The molecule has 0 aliphatic heterocycles. The summed E-state index contributed by atoms with van der Waals surface area (Å²) in [7, 11) is 1.39. The van der Waals surface area contributed by atoms with Crippen LogP contribution < -0.4 is 20.5 Å². The molecule has 2 aromatic rings. The van der Waals surface area contributed by atoms with Crippen molar-refractivity contribution < 1.29 is 27.8 Å². The summed E-state index contributed by atoms with van der Waals surface area (Å²) in [4.78, 5) is 23.9. The molecule has 0 aliphatic carbocycles. The largest absolute Gasteiger partial charge is 0.493 e. The normalized spacial score (nSPS) is 10.5. The number of alkyl halides is 2. The molecular weight excluding hydrogens is 366 g/mol. The van der Waals surface area contributed by atoms with Crippen LogP contribution in [0.1, 0.15) is 10.4 Å². The molecule has 2 amide bonds. The highest BCUT2D eigenvalue weighted by Gasteiger charge is 2.16. The van der Waals surface area contributed by atoms with Gasteiger partial charge < -0.3 is 20.5 Å². The van der Waals surface area contributed by atoms with Gasteiger partial charge in [0.05, 0.1) is 12.7 Å². The van der Waals surface area contributed by atoms with Crippen LogP contribution in [0.2, 0.25) is 0 Å². The van der Waals surface area contributed by atoms with Crippen LogP contribution in [0.3, 0.4) is 0 Å². The Balaban J connectivity index is 2.00. The first-order valence-electron chi connectivity index (χ1n) is 7.35. The average Bonchev–Trinajstić information content (AvgIpc) is 2.60. The number of ether oxygens (including phenoxy) is 2. The van der Waals surface area contributed by atoms with Gasteiger partial charge in [0.2, 0.25) is 0 Å². The first-order chi connectivity index (χ1) is 12.4. The molecule has 0 atom stereocenters. The highest BCUT2D eigenvalue weighted by molar-refractivity contribution is 7.99. The van der Waals surface area contributed by atoms with Crippen LogP contribution >= 0.6 is 11.8 Å². The molecule has 0 saturated heterocycles. The second kappa shape index (κ2) is 9.04. The van der Waals surface area contributed by atoms with Crippen molar-refractivity contribution in [3.05, 3.63) is 48.0 Å². The molecule has 0 aromatic heterocycles. The molecule has 138 valence electrons. The minimum absolute atomic E-state index is 0.0707. The van der Waals surface area contributed by atoms with Crippen LogP contribution in [0.15, 0.2) is 47.4 Å². The minimum atomic E-state index is -2.51. The number of primary amides is 1. The van der Waals surface area contributed by atoms with E-state index in [0.717, 1.165) is 0 Å². The molecule has 0 radical (unpaired) electrons. The summed E-state index contributed by atoms with van der Waals surface area (Å²) in [6.07, 6.45) is 0. The monoisotopic (exact) mass is 382 g/mol. The molecule has 6 nitrogen and oxygen atoms in total. The number of benzene rings is 2. The van der Waals surface area contributed by atoms with Crippen molar-refractivity contribution in [1.82, 2.24) is 0 Å². The quantitative estimate of drug-likeness (QED) is 0.685. The summed E-state index contributed by atoms with van der Waals surface area (Å²) in [6, 6.07) is 10.5. The Kier molecular flexibility index (Phi) is 6.79. The van der Waals surface area contributed by atoms with Gasteiger partial charge in [-0.3, -0.25) is 9.59 Å². The van der Waals surface area contributed by atoms with Crippen molar-refractivity contribution in [1.29, 1.82) is 0 Å². The van der Waals surface area contributed by atoms with E-state index in [4.69, 9.17) is 15.2 Å². The van der Waals surface area contributed by atoms with Gasteiger partial charge >= 0.3 is 0 Å². The number of para-hydroxylation sites is 1. The number of carbonyl (C=O) groups is 2. The van der Waals surface area contributed by atoms with Crippen LogP contribution in [0.5, 0.6) is 11.5 Å². The van der Waals surface area contributed by atoms with Crippen LogP contribution in [0, 0.1) is 0 Å². The first kappa shape index (κ1) is 19.5. The Labute approximate surface area is 152 Å². The van der Waals surface area contributed by atoms with E-state index in [-0.39, 0.29) is 17.1 Å². The maximum Gasteiger partial charge on any atom is 0.288 e. The standard InChI is InChI=1S/C17H16F2N2O4S/c1-24-13-4-2-3-12(16(20)23)15(13)25-9-14(22)21-10-5-7-11(8-6-10)26-17(18)19/h2-8,17H,9H2,1H3,(H2,20,23)(H,21,22). The molecule has 0 bridgehead atoms. The predicted octanol–water partition coefficient (Wildman–Crippen LogP) is 3.13. The Morgan fingerprint density at radius 2 is 1.88 bits per heavy atom. The molecule has 0 aliphatic rings. The van der Waals surface area contributed by atoms with Crippen LogP contribution in [-0.2, 0) is 4.79 Å². The van der Waals surface area contributed by atoms with Crippen molar-refractivity contribution >= 4 is 29.3 Å². The van der Waals surface area contributed by atoms with Crippen LogP contribution in [0.4, 0.5) is 14.5 Å². The summed E-state index contributed by atoms with van der Waals surface area (Å²) in [6.45, 7) is -0.395. The van der Waals surface area contributed by atoms with E-state index in [0.29, 0.717) is 22.3 Å². The Morgan fingerprint density at radius 1 is 1.19 bits per heavy atom. The van der Waals surface area contributed by atoms with E-state index in [9.17, 15) is 18.4 Å². The van der Waals surface area contributed by atoms with E-state index in [2.05, 4.69) is 5.32 Å². The van der Waals surface area contributed by atoms with Crippen LogP contribution in [-0.4, -0.2) is 31.3 Å².